The molecule has 1 N–H and O–H groups in total. The maximum absolute atomic E-state index is 10.2. The number of anilines is 1. The molecule has 0 amide bonds. The molecule has 1 aliphatic carbocycles. The first kappa shape index (κ1) is 18.3. The summed E-state index contributed by atoms with van der Waals surface area (Å²) >= 11 is 0. The van der Waals surface area contributed by atoms with Gasteiger partial charge in [0.15, 0.2) is 5.41 Å². The molecule has 4 rings (SSSR count). The number of nitriles is 3. The first-order valence-corrected chi connectivity index (χ1v) is 9.37. The van der Waals surface area contributed by atoms with Gasteiger partial charge in [0.1, 0.15) is 6.10 Å². The zero-order valence-corrected chi connectivity index (χ0v) is 15.9. The standard InChI is InChI=1S/C21H21N5O2/c1-26(2)15-8-6-14(7-9-15)17-19(11-22,12-23)20(13-24)16-5-3-4-10-21(16,27-17)28-18(20)25/h6-9,16-17,25H,3-5,10H2,1-2H3/t16-,17+,20+,21-/m1/s1. The van der Waals surface area contributed by atoms with E-state index in [-0.39, 0.29) is 5.90 Å². The molecule has 7 nitrogen and oxygen atoms in total. The van der Waals surface area contributed by atoms with Crippen molar-refractivity contribution in [2.24, 2.45) is 16.7 Å². The molecule has 28 heavy (non-hydrogen) atoms. The van der Waals surface area contributed by atoms with Gasteiger partial charge < -0.3 is 14.4 Å². The maximum atomic E-state index is 10.2. The molecule has 1 aromatic carbocycles. The summed E-state index contributed by atoms with van der Waals surface area (Å²) in [6, 6.07) is 13.8. The van der Waals surface area contributed by atoms with Crippen LogP contribution in [-0.4, -0.2) is 25.8 Å². The summed E-state index contributed by atoms with van der Waals surface area (Å²) < 4.78 is 12.2. The number of benzene rings is 1. The lowest BCUT2D eigenvalue weighted by Gasteiger charge is -2.51. The average molecular weight is 375 g/mol. The Morgan fingerprint density at radius 3 is 2.32 bits per heavy atom. The van der Waals surface area contributed by atoms with Crippen LogP contribution in [0.3, 0.4) is 0 Å². The second-order valence-corrected chi connectivity index (χ2v) is 7.98. The second kappa shape index (κ2) is 5.96. The Labute approximate surface area is 164 Å². The fourth-order valence-electron chi connectivity index (χ4n) is 5.11. The Bertz CT molecular complexity index is 937. The van der Waals surface area contributed by atoms with Gasteiger partial charge in [0.2, 0.25) is 17.1 Å². The summed E-state index contributed by atoms with van der Waals surface area (Å²) in [5, 5.41) is 39.1. The van der Waals surface area contributed by atoms with Gasteiger partial charge in [-0.05, 0) is 30.5 Å². The summed E-state index contributed by atoms with van der Waals surface area (Å²) in [5.41, 5.74) is -1.90. The van der Waals surface area contributed by atoms with E-state index in [1.807, 2.05) is 43.3 Å². The van der Waals surface area contributed by atoms with Crippen molar-refractivity contribution >= 4 is 11.6 Å². The smallest absolute Gasteiger partial charge is 0.217 e. The Morgan fingerprint density at radius 1 is 1.07 bits per heavy atom. The third-order valence-corrected chi connectivity index (χ3v) is 6.53. The van der Waals surface area contributed by atoms with Gasteiger partial charge >= 0.3 is 0 Å². The molecule has 3 fully saturated rings. The highest BCUT2D eigenvalue weighted by Gasteiger charge is 2.80. The fourth-order valence-corrected chi connectivity index (χ4v) is 5.11. The van der Waals surface area contributed by atoms with Crippen molar-refractivity contribution < 1.29 is 9.47 Å². The molecule has 142 valence electrons. The van der Waals surface area contributed by atoms with E-state index in [1.165, 1.54) is 0 Å². The quantitative estimate of drug-likeness (QED) is 0.848. The number of hydrogen-bond acceptors (Lipinski definition) is 7. The van der Waals surface area contributed by atoms with Crippen LogP contribution >= 0.6 is 0 Å². The molecule has 0 unspecified atom stereocenters. The number of nitrogens with zero attached hydrogens (tertiary/aromatic N) is 4. The zero-order valence-electron chi connectivity index (χ0n) is 15.9. The molecule has 4 atom stereocenters. The lowest BCUT2D eigenvalue weighted by Crippen LogP contribution is -2.60. The van der Waals surface area contributed by atoms with E-state index in [2.05, 4.69) is 18.2 Å². The maximum Gasteiger partial charge on any atom is 0.217 e. The van der Waals surface area contributed by atoms with E-state index >= 15 is 0 Å². The molecule has 2 heterocycles. The van der Waals surface area contributed by atoms with E-state index in [9.17, 15) is 15.8 Å². The fraction of sp³-hybridized carbons (Fsp3) is 0.524. The molecule has 3 aliphatic rings. The Morgan fingerprint density at radius 2 is 1.75 bits per heavy atom. The van der Waals surface area contributed by atoms with Crippen molar-refractivity contribution in [1.82, 2.24) is 0 Å². The Hall–Kier alpha value is -3.08. The number of rotatable bonds is 2. The van der Waals surface area contributed by atoms with E-state index in [4.69, 9.17) is 14.9 Å². The molecule has 7 heteroatoms. The van der Waals surface area contributed by atoms with Crippen LogP contribution in [0.5, 0.6) is 0 Å². The molecule has 1 saturated carbocycles. The second-order valence-electron chi connectivity index (χ2n) is 7.98. The van der Waals surface area contributed by atoms with Gasteiger partial charge in [-0.1, -0.05) is 18.6 Å². The van der Waals surface area contributed by atoms with E-state index in [1.54, 1.807) is 0 Å². The number of hydrogen-bond donors (Lipinski definition) is 1. The first-order chi connectivity index (χ1) is 13.4. The molecule has 2 saturated heterocycles. The zero-order chi connectivity index (χ0) is 20.2. The van der Waals surface area contributed by atoms with Crippen LogP contribution in [0.15, 0.2) is 24.3 Å². The first-order valence-electron chi connectivity index (χ1n) is 9.37. The van der Waals surface area contributed by atoms with Crippen LogP contribution in [0, 0.1) is 56.2 Å². The topological polar surface area (TPSA) is 117 Å². The monoisotopic (exact) mass is 375 g/mol. The predicted octanol–water partition coefficient (Wildman–Crippen LogP) is 3.26. The van der Waals surface area contributed by atoms with Gasteiger partial charge in [0.05, 0.1) is 24.1 Å². The largest absolute Gasteiger partial charge is 0.447 e. The van der Waals surface area contributed by atoms with Crippen molar-refractivity contribution in [3.8, 4) is 18.2 Å². The average Bonchev–Trinajstić information content (AvgIpc) is 2.92. The van der Waals surface area contributed by atoms with E-state index in [0.717, 1.165) is 18.5 Å². The molecular weight excluding hydrogens is 354 g/mol. The Kier molecular flexibility index (Phi) is 3.89. The van der Waals surface area contributed by atoms with E-state index < -0.39 is 28.6 Å². The third kappa shape index (κ3) is 1.96. The van der Waals surface area contributed by atoms with Gasteiger partial charge in [-0.3, -0.25) is 5.41 Å². The molecule has 0 radical (unpaired) electrons. The van der Waals surface area contributed by atoms with Crippen LogP contribution < -0.4 is 4.90 Å². The van der Waals surface area contributed by atoms with Gasteiger partial charge in [0, 0.05) is 26.2 Å². The summed E-state index contributed by atoms with van der Waals surface area (Å²) in [5.74, 6) is -1.92. The van der Waals surface area contributed by atoms with Crippen molar-refractivity contribution in [2.45, 2.75) is 37.6 Å². The highest BCUT2D eigenvalue weighted by Crippen LogP contribution is 2.69. The number of ether oxygens (including phenoxy) is 2. The summed E-state index contributed by atoms with van der Waals surface area (Å²) in [7, 11) is 3.85. The minimum Gasteiger partial charge on any atom is -0.447 e. The van der Waals surface area contributed by atoms with Crippen LogP contribution in [0.25, 0.3) is 0 Å². The van der Waals surface area contributed by atoms with Gasteiger partial charge in [-0.25, -0.2) is 0 Å². The van der Waals surface area contributed by atoms with Crippen molar-refractivity contribution in [3.63, 3.8) is 0 Å². The predicted molar refractivity (Wildman–Crippen MR) is 99.8 cm³/mol. The van der Waals surface area contributed by atoms with Crippen molar-refractivity contribution in [3.05, 3.63) is 29.8 Å². The highest BCUT2D eigenvalue weighted by molar-refractivity contribution is 5.89. The molecule has 0 spiro atoms. The summed E-state index contributed by atoms with van der Waals surface area (Å²) in [6.07, 6.45) is 1.86. The minimum atomic E-state index is -1.86. The highest BCUT2D eigenvalue weighted by atomic mass is 16.7. The van der Waals surface area contributed by atoms with Gasteiger partial charge in [-0.2, -0.15) is 15.8 Å². The van der Waals surface area contributed by atoms with Crippen LogP contribution in [0.2, 0.25) is 0 Å². The van der Waals surface area contributed by atoms with Gasteiger partial charge in [-0.15, -0.1) is 0 Å². The van der Waals surface area contributed by atoms with E-state index in [0.29, 0.717) is 18.4 Å². The summed E-state index contributed by atoms with van der Waals surface area (Å²) in [4.78, 5) is 1.95. The van der Waals surface area contributed by atoms with Gasteiger partial charge in [0.25, 0.3) is 0 Å². The van der Waals surface area contributed by atoms with Crippen LogP contribution in [0.1, 0.15) is 37.4 Å². The van der Waals surface area contributed by atoms with Crippen LogP contribution in [-0.2, 0) is 9.47 Å². The summed E-state index contributed by atoms with van der Waals surface area (Å²) in [6.45, 7) is 0. The molecule has 0 aromatic heterocycles. The third-order valence-electron chi connectivity index (χ3n) is 6.53. The Balaban J connectivity index is 1.93. The van der Waals surface area contributed by atoms with Crippen LogP contribution in [0.4, 0.5) is 5.69 Å². The normalized spacial score (nSPS) is 34.9. The molecule has 1 aromatic rings. The lowest BCUT2D eigenvalue weighted by atomic mass is 9.51. The molecular formula is C21H21N5O2. The molecule has 2 aliphatic heterocycles. The van der Waals surface area contributed by atoms with Crippen molar-refractivity contribution in [2.75, 3.05) is 19.0 Å². The molecule has 2 bridgehead atoms. The lowest BCUT2D eigenvalue weighted by molar-refractivity contribution is -0.294. The number of nitrogens with one attached hydrogen (secondary N) is 1. The minimum absolute atomic E-state index is 0.308. The SMILES string of the molecule is CN(C)c1ccc([C@@H]2O[C@@]34CCCC[C@@H]3[C@@](C#N)(C(=N)O4)C2(C#N)C#N)cc1. The van der Waals surface area contributed by atoms with Crippen molar-refractivity contribution in [1.29, 1.82) is 21.2 Å².